The molecule has 5 rings (SSSR count). The molecule has 7 nitrogen and oxygen atoms in total. The van der Waals surface area contributed by atoms with Gasteiger partial charge in [-0.05, 0) is 83.1 Å². The van der Waals surface area contributed by atoms with Crippen LogP contribution in [-0.2, 0) is 25.7 Å². The number of aryl methyl sites for hydroxylation is 2. The van der Waals surface area contributed by atoms with Gasteiger partial charge < -0.3 is 19.3 Å². The van der Waals surface area contributed by atoms with Crippen molar-refractivity contribution in [2.24, 2.45) is 0 Å². The van der Waals surface area contributed by atoms with Gasteiger partial charge in [0, 0.05) is 11.1 Å². The molecular weight excluding hydrogens is 568 g/mol. The van der Waals surface area contributed by atoms with E-state index in [4.69, 9.17) is 14.2 Å². The van der Waals surface area contributed by atoms with Crippen molar-refractivity contribution < 1.29 is 33.7 Å². The average Bonchev–Trinajstić information content (AvgIpc) is 3.06. The molecule has 2 unspecified atom stereocenters. The molecule has 45 heavy (non-hydrogen) atoms. The van der Waals surface area contributed by atoms with Crippen molar-refractivity contribution in [1.82, 2.24) is 0 Å². The highest BCUT2D eigenvalue weighted by Crippen LogP contribution is 2.37. The zero-order valence-electron chi connectivity index (χ0n) is 24.9. The molecule has 0 spiro atoms. The second kappa shape index (κ2) is 14.2. The molecule has 1 N–H and O–H groups in total. The number of ether oxygens (including phenoxy) is 3. The molecule has 0 bridgehead atoms. The molecule has 0 aliphatic rings. The van der Waals surface area contributed by atoms with E-state index in [0.717, 1.165) is 38.9 Å². The van der Waals surface area contributed by atoms with Crippen molar-refractivity contribution in [2.45, 2.75) is 32.7 Å². The molecule has 0 saturated carbocycles. The minimum Gasteiger partial charge on any atom is -0.489 e. The highest BCUT2D eigenvalue weighted by atomic mass is 16.5. The predicted octanol–water partition coefficient (Wildman–Crippen LogP) is 7.77. The zero-order valence-corrected chi connectivity index (χ0v) is 24.9. The van der Waals surface area contributed by atoms with Crippen LogP contribution >= 0.6 is 0 Å². The first-order valence-electron chi connectivity index (χ1n) is 14.4. The summed E-state index contributed by atoms with van der Waals surface area (Å²) in [5.74, 6) is -0.328. The van der Waals surface area contributed by atoms with Crippen LogP contribution in [0.3, 0.4) is 0 Å². The summed E-state index contributed by atoms with van der Waals surface area (Å²) in [7, 11) is 0. The van der Waals surface area contributed by atoms with Crippen molar-refractivity contribution in [2.75, 3.05) is 0 Å². The van der Waals surface area contributed by atoms with Crippen LogP contribution < -0.4 is 4.74 Å². The highest BCUT2D eigenvalue weighted by Gasteiger charge is 2.26. The van der Waals surface area contributed by atoms with E-state index in [1.807, 2.05) is 117 Å². The Labute approximate surface area is 261 Å². The van der Waals surface area contributed by atoms with Crippen LogP contribution in [0.5, 0.6) is 5.75 Å². The Morgan fingerprint density at radius 3 is 1.82 bits per heavy atom. The molecule has 2 atom stereocenters. The monoisotopic (exact) mass is 600 g/mol. The maximum atomic E-state index is 11.7. The molecule has 0 aliphatic carbocycles. The normalized spacial score (nSPS) is 12.0. The first-order chi connectivity index (χ1) is 21.9. The van der Waals surface area contributed by atoms with E-state index >= 15 is 0 Å². The van der Waals surface area contributed by atoms with Crippen molar-refractivity contribution >= 4 is 18.9 Å². The third-order valence-corrected chi connectivity index (χ3v) is 7.61. The topological polar surface area (TPSA) is 99.1 Å². The van der Waals surface area contributed by atoms with Gasteiger partial charge in [-0.25, -0.2) is 4.79 Å². The summed E-state index contributed by atoms with van der Waals surface area (Å²) >= 11 is 0. The van der Waals surface area contributed by atoms with E-state index in [-0.39, 0.29) is 12.2 Å². The fourth-order valence-corrected chi connectivity index (χ4v) is 5.66. The summed E-state index contributed by atoms with van der Waals surface area (Å²) in [5, 5.41) is 9.43. The van der Waals surface area contributed by atoms with Gasteiger partial charge in [0.1, 0.15) is 12.4 Å². The lowest BCUT2D eigenvalue weighted by Gasteiger charge is -2.25. The number of carboxylic acid groups (broad SMARTS) is 1. The zero-order chi connectivity index (χ0) is 31.8. The molecule has 0 fully saturated rings. The quantitative estimate of drug-likeness (QED) is 0.138. The lowest BCUT2D eigenvalue weighted by atomic mass is 9.89. The summed E-state index contributed by atoms with van der Waals surface area (Å²) < 4.78 is 17.5. The first-order valence-corrected chi connectivity index (χ1v) is 14.4. The van der Waals surface area contributed by atoms with Crippen molar-refractivity contribution in [3.63, 3.8) is 0 Å². The van der Waals surface area contributed by atoms with Crippen molar-refractivity contribution in [3.05, 3.63) is 160 Å². The number of aromatic carboxylic acids is 1. The lowest BCUT2D eigenvalue weighted by molar-refractivity contribution is -0.134. The molecular formula is C38H32O7. The van der Waals surface area contributed by atoms with Crippen LogP contribution in [0.2, 0.25) is 0 Å². The van der Waals surface area contributed by atoms with Crippen molar-refractivity contribution in [1.29, 1.82) is 0 Å². The summed E-state index contributed by atoms with van der Waals surface area (Å²) in [6.07, 6.45) is -1.49. The number of hydrogen-bond acceptors (Lipinski definition) is 6. The Bertz CT molecular complexity index is 1780. The van der Waals surface area contributed by atoms with Crippen LogP contribution in [0, 0.1) is 13.8 Å². The van der Waals surface area contributed by atoms with Gasteiger partial charge in [0.15, 0.2) is 12.2 Å². The van der Waals surface area contributed by atoms with Crippen LogP contribution in [0.1, 0.15) is 61.5 Å². The number of rotatable bonds is 13. The highest BCUT2D eigenvalue weighted by molar-refractivity contribution is 5.90. The Kier molecular flexibility index (Phi) is 9.70. The summed E-state index contributed by atoms with van der Waals surface area (Å²) in [5.41, 5.74) is 7.50. The Morgan fingerprint density at radius 1 is 0.689 bits per heavy atom. The number of carboxylic acids is 1. The molecule has 7 heteroatoms. The van der Waals surface area contributed by atoms with E-state index < -0.39 is 18.2 Å². The van der Waals surface area contributed by atoms with Gasteiger partial charge in [0.25, 0.3) is 12.9 Å². The van der Waals surface area contributed by atoms with E-state index in [2.05, 4.69) is 0 Å². The number of carbonyl (C=O) groups excluding carboxylic acids is 2. The van der Waals surface area contributed by atoms with E-state index in [0.29, 0.717) is 29.8 Å². The van der Waals surface area contributed by atoms with Gasteiger partial charge in [-0.15, -0.1) is 0 Å². The lowest BCUT2D eigenvalue weighted by Crippen LogP contribution is -2.14. The molecule has 0 radical (unpaired) electrons. The molecule has 0 aliphatic heterocycles. The van der Waals surface area contributed by atoms with E-state index in [9.17, 15) is 19.5 Å². The standard InChI is InChI=1S/C38H32O7/c1-25-18-31(38(41)42)19-26(2)35(25)30-14-9-15-32(21-30)43-22-27-16-17-33(36(44-23-39)28-10-5-3-6-11-28)34(20-27)37(45-24-40)29-12-7-4-8-13-29/h3-21,23-24,36-37H,22H2,1-2H3,(H,41,42). The minimum atomic E-state index is -0.962. The van der Waals surface area contributed by atoms with Crippen LogP contribution in [0.25, 0.3) is 11.1 Å². The van der Waals surface area contributed by atoms with Gasteiger partial charge in [0.2, 0.25) is 0 Å². The minimum absolute atomic E-state index is 0.208. The maximum Gasteiger partial charge on any atom is 0.335 e. The third-order valence-electron chi connectivity index (χ3n) is 7.61. The van der Waals surface area contributed by atoms with Gasteiger partial charge in [-0.1, -0.05) is 84.9 Å². The van der Waals surface area contributed by atoms with Gasteiger partial charge in [-0.3, -0.25) is 9.59 Å². The summed E-state index contributed by atoms with van der Waals surface area (Å²) in [4.78, 5) is 34.9. The van der Waals surface area contributed by atoms with E-state index in [1.165, 1.54) is 0 Å². The van der Waals surface area contributed by atoms with Crippen LogP contribution in [0.15, 0.2) is 115 Å². The van der Waals surface area contributed by atoms with Gasteiger partial charge in [-0.2, -0.15) is 0 Å². The molecule has 226 valence electrons. The number of hydrogen-bond donors (Lipinski definition) is 1. The second-order valence-electron chi connectivity index (χ2n) is 10.6. The van der Waals surface area contributed by atoms with Crippen LogP contribution in [-0.4, -0.2) is 24.0 Å². The summed E-state index contributed by atoms with van der Waals surface area (Å²) in [6.45, 7) is 4.84. The SMILES string of the molecule is Cc1cc(C(=O)O)cc(C)c1-c1cccc(OCc2ccc(C(OC=O)c3ccccc3)c(C(OC=O)c3ccccc3)c2)c1. The van der Waals surface area contributed by atoms with Crippen LogP contribution in [0.4, 0.5) is 0 Å². The fraction of sp³-hybridized carbons (Fsp3) is 0.132. The molecule has 5 aromatic carbocycles. The van der Waals surface area contributed by atoms with Crippen molar-refractivity contribution in [3.8, 4) is 16.9 Å². The Hall–Kier alpha value is -5.69. The Balaban J connectivity index is 1.50. The fourth-order valence-electron chi connectivity index (χ4n) is 5.66. The largest absolute Gasteiger partial charge is 0.489 e. The molecule has 0 amide bonds. The number of benzene rings is 5. The molecule has 0 aromatic heterocycles. The second-order valence-corrected chi connectivity index (χ2v) is 10.6. The van der Waals surface area contributed by atoms with Gasteiger partial charge >= 0.3 is 5.97 Å². The van der Waals surface area contributed by atoms with E-state index in [1.54, 1.807) is 12.1 Å². The Morgan fingerprint density at radius 2 is 1.27 bits per heavy atom. The first kappa shape index (κ1) is 30.8. The molecule has 0 saturated heterocycles. The summed E-state index contributed by atoms with van der Waals surface area (Å²) in [6, 6.07) is 35.4. The average molecular weight is 601 g/mol. The predicted molar refractivity (Wildman–Crippen MR) is 170 cm³/mol. The maximum absolute atomic E-state index is 11.7. The number of carbonyl (C=O) groups is 3. The third kappa shape index (κ3) is 7.11. The molecule has 5 aromatic rings. The van der Waals surface area contributed by atoms with Gasteiger partial charge in [0.05, 0.1) is 5.56 Å². The smallest absolute Gasteiger partial charge is 0.335 e. The molecule has 0 heterocycles.